The number of carbonyl (C=O) groups is 1. The molecule has 1 atom stereocenters. The van der Waals surface area contributed by atoms with Gasteiger partial charge >= 0.3 is 5.97 Å². The molecule has 1 N–H and O–H groups in total. The second kappa shape index (κ2) is 10.7. The van der Waals surface area contributed by atoms with Gasteiger partial charge in [0.2, 0.25) is 0 Å². The summed E-state index contributed by atoms with van der Waals surface area (Å²) in [6, 6.07) is -0.176. The summed E-state index contributed by atoms with van der Waals surface area (Å²) in [5, 5.41) is 3.12. The lowest BCUT2D eigenvalue weighted by Crippen LogP contribution is -2.37. The van der Waals surface area contributed by atoms with Gasteiger partial charge in [-0.1, -0.05) is 45.1 Å². The highest BCUT2D eigenvalue weighted by Crippen LogP contribution is 2.08. The molecule has 0 saturated heterocycles. The van der Waals surface area contributed by atoms with Crippen molar-refractivity contribution >= 4 is 5.97 Å². The van der Waals surface area contributed by atoms with Gasteiger partial charge in [0.25, 0.3) is 0 Å². The van der Waals surface area contributed by atoms with E-state index < -0.39 is 0 Å². The molecule has 0 amide bonds. The van der Waals surface area contributed by atoms with Crippen LogP contribution in [0, 0.1) is 0 Å². The van der Waals surface area contributed by atoms with Gasteiger partial charge < -0.3 is 10.1 Å². The molecule has 0 aliphatic heterocycles. The first-order valence-corrected chi connectivity index (χ1v) is 6.18. The first-order chi connectivity index (χ1) is 7.76. The smallest absolute Gasteiger partial charge is 0.322 e. The van der Waals surface area contributed by atoms with Crippen molar-refractivity contribution in [3.05, 3.63) is 12.7 Å². The molecule has 16 heavy (non-hydrogen) atoms. The molecule has 0 aromatic heterocycles. The lowest BCUT2D eigenvalue weighted by Gasteiger charge is -2.15. The fourth-order valence-corrected chi connectivity index (χ4v) is 1.62. The zero-order valence-corrected chi connectivity index (χ0v) is 10.6. The first kappa shape index (κ1) is 15.2. The van der Waals surface area contributed by atoms with Crippen molar-refractivity contribution in [1.29, 1.82) is 0 Å². The largest absolute Gasteiger partial charge is 0.468 e. The minimum Gasteiger partial charge on any atom is -0.468 e. The molecule has 0 saturated carbocycles. The maximum absolute atomic E-state index is 11.4. The minimum atomic E-state index is -0.176. The molecule has 0 radical (unpaired) electrons. The Morgan fingerprint density at radius 2 is 2.06 bits per heavy atom. The maximum atomic E-state index is 11.4. The summed E-state index contributed by atoms with van der Waals surface area (Å²) in [4.78, 5) is 11.4. The quantitative estimate of drug-likeness (QED) is 0.354. The molecule has 0 rings (SSSR count). The van der Waals surface area contributed by atoms with Crippen LogP contribution < -0.4 is 5.32 Å². The molecular weight excluding hydrogens is 202 g/mol. The highest BCUT2D eigenvalue weighted by atomic mass is 16.5. The number of hydrogen-bond donors (Lipinski definition) is 1. The molecular formula is C13H25NO2. The second-order valence-electron chi connectivity index (χ2n) is 3.98. The van der Waals surface area contributed by atoms with E-state index in [1.165, 1.54) is 32.8 Å². The summed E-state index contributed by atoms with van der Waals surface area (Å²) in [6.07, 6.45) is 8.65. The summed E-state index contributed by atoms with van der Waals surface area (Å²) >= 11 is 0. The van der Waals surface area contributed by atoms with Crippen molar-refractivity contribution in [3.8, 4) is 0 Å². The monoisotopic (exact) mass is 227 g/mol. The van der Waals surface area contributed by atoms with E-state index in [2.05, 4.69) is 18.8 Å². The molecule has 0 bridgehead atoms. The van der Waals surface area contributed by atoms with Crippen LogP contribution in [0.2, 0.25) is 0 Å². The molecule has 0 aromatic rings. The normalized spacial score (nSPS) is 12.1. The van der Waals surface area contributed by atoms with Gasteiger partial charge in [-0.3, -0.25) is 4.79 Å². The number of rotatable bonds is 10. The van der Waals surface area contributed by atoms with Gasteiger partial charge in [-0.25, -0.2) is 0 Å². The predicted molar refractivity (Wildman–Crippen MR) is 67.4 cm³/mol. The minimum absolute atomic E-state index is 0.169. The van der Waals surface area contributed by atoms with Crippen molar-refractivity contribution < 1.29 is 9.53 Å². The summed E-state index contributed by atoms with van der Waals surface area (Å²) in [7, 11) is 1.43. The highest BCUT2D eigenvalue weighted by molar-refractivity contribution is 5.75. The molecule has 1 unspecified atom stereocenters. The van der Waals surface area contributed by atoms with E-state index >= 15 is 0 Å². The van der Waals surface area contributed by atoms with Crippen LogP contribution >= 0.6 is 0 Å². The van der Waals surface area contributed by atoms with Crippen LogP contribution in [-0.4, -0.2) is 25.7 Å². The highest BCUT2D eigenvalue weighted by Gasteiger charge is 2.16. The van der Waals surface area contributed by atoms with Gasteiger partial charge in [0, 0.05) is 6.54 Å². The van der Waals surface area contributed by atoms with Gasteiger partial charge in [0.05, 0.1) is 7.11 Å². The Hall–Kier alpha value is -0.830. The summed E-state index contributed by atoms with van der Waals surface area (Å²) in [5.74, 6) is -0.169. The number of ether oxygens (including phenoxy) is 1. The third kappa shape index (κ3) is 7.46. The lowest BCUT2D eigenvalue weighted by atomic mass is 10.1. The van der Waals surface area contributed by atoms with E-state index in [4.69, 9.17) is 4.74 Å². The maximum Gasteiger partial charge on any atom is 0.322 e. The number of nitrogens with one attached hydrogen (secondary N) is 1. The summed E-state index contributed by atoms with van der Waals surface area (Å²) in [5.41, 5.74) is 0. The van der Waals surface area contributed by atoms with E-state index in [0.717, 1.165) is 12.8 Å². The third-order valence-electron chi connectivity index (χ3n) is 2.59. The molecule has 0 spiro atoms. The number of hydrogen-bond acceptors (Lipinski definition) is 3. The average Bonchev–Trinajstić information content (AvgIpc) is 2.31. The van der Waals surface area contributed by atoms with Crippen LogP contribution in [0.1, 0.15) is 45.4 Å². The Labute approximate surface area is 99.3 Å². The van der Waals surface area contributed by atoms with Crippen LogP contribution in [0.15, 0.2) is 12.7 Å². The zero-order chi connectivity index (χ0) is 12.2. The molecule has 0 aliphatic carbocycles. The first-order valence-electron chi connectivity index (χ1n) is 6.18. The zero-order valence-electron chi connectivity index (χ0n) is 10.6. The van der Waals surface area contributed by atoms with Crippen LogP contribution in [0.5, 0.6) is 0 Å². The molecule has 94 valence electrons. The molecule has 3 nitrogen and oxygen atoms in total. The predicted octanol–water partition coefficient (Wildman–Crippen LogP) is 2.66. The number of esters is 1. The van der Waals surface area contributed by atoms with Crippen molar-refractivity contribution in [2.75, 3.05) is 13.7 Å². The van der Waals surface area contributed by atoms with E-state index in [1.54, 1.807) is 6.08 Å². The molecule has 0 fully saturated rings. The van der Waals surface area contributed by atoms with E-state index in [1.807, 2.05) is 0 Å². The van der Waals surface area contributed by atoms with Gasteiger partial charge in [-0.05, 0) is 6.42 Å². The number of unbranched alkanes of at least 4 members (excludes halogenated alkanes) is 4. The van der Waals surface area contributed by atoms with Crippen LogP contribution in [0.3, 0.4) is 0 Å². The van der Waals surface area contributed by atoms with Crippen molar-refractivity contribution in [2.24, 2.45) is 0 Å². The Balaban J connectivity index is 3.73. The van der Waals surface area contributed by atoms with E-state index in [0.29, 0.717) is 6.54 Å². The van der Waals surface area contributed by atoms with Crippen LogP contribution in [0.4, 0.5) is 0 Å². The van der Waals surface area contributed by atoms with Gasteiger partial charge in [0.15, 0.2) is 0 Å². The van der Waals surface area contributed by atoms with Crippen molar-refractivity contribution in [3.63, 3.8) is 0 Å². The molecule has 0 aliphatic rings. The number of methoxy groups -OCH3 is 1. The topological polar surface area (TPSA) is 38.3 Å². The van der Waals surface area contributed by atoms with Crippen molar-refractivity contribution in [2.45, 2.75) is 51.5 Å². The summed E-state index contributed by atoms with van der Waals surface area (Å²) < 4.78 is 4.75. The molecule has 0 heterocycles. The molecule has 0 aromatic carbocycles. The van der Waals surface area contributed by atoms with Crippen LogP contribution in [-0.2, 0) is 9.53 Å². The Morgan fingerprint density at radius 3 is 2.62 bits per heavy atom. The number of carbonyl (C=O) groups excluding carboxylic acids is 1. The lowest BCUT2D eigenvalue weighted by molar-refractivity contribution is -0.143. The fraction of sp³-hybridized carbons (Fsp3) is 0.769. The molecule has 3 heteroatoms. The SMILES string of the molecule is C=CCNC(CCCCCCC)C(=O)OC. The van der Waals surface area contributed by atoms with Crippen molar-refractivity contribution in [1.82, 2.24) is 5.32 Å². The Kier molecular flexibility index (Phi) is 10.1. The van der Waals surface area contributed by atoms with Gasteiger partial charge in [-0.2, -0.15) is 0 Å². The average molecular weight is 227 g/mol. The second-order valence-corrected chi connectivity index (χ2v) is 3.98. The summed E-state index contributed by atoms with van der Waals surface area (Å²) in [6.45, 7) is 6.47. The Morgan fingerprint density at radius 1 is 1.38 bits per heavy atom. The van der Waals surface area contributed by atoms with Gasteiger partial charge in [0.1, 0.15) is 6.04 Å². The Bertz CT molecular complexity index is 192. The third-order valence-corrected chi connectivity index (χ3v) is 2.59. The van der Waals surface area contributed by atoms with Crippen LogP contribution in [0.25, 0.3) is 0 Å². The van der Waals surface area contributed by atoms with E-state index in [-0.39, 0.29) is 12.0 Å². The fourth-order valence-electron chi connectivity index (χ4n) is 1.62. The van der Waals surface area contributed by atoms with E-state index in [9.17, 15) is 4.79 Å². The standard InChI is InChI=1S/C13H25NO2/c1-4-6-7-8-9-10-12(13(15)16-3)14-11-5-2/h5,12,14H,2,4,6-11H2,1,3H3. The van der Waals surface area contributed by atoms with Gasteiger partial charge in [-0.15, -0.1) is 6.58 Å².